The first kappa shape index (κ1) is 19.5. The molecule has 1 heterocycles. The summed E-state index contributed by atoms with van der Waals surface area (Å²) in [5.41, 5.74) is 1.29. The van der Waals surface area contributed by atoms with Crippen molar-refractivity contribution >= 4 is 45.0 Å². The van der Waals surface area contributed by atoms with E-state index in [1.54, 1.807) is 12.1 Å². The van der Waals surface area contributed by atoms with Crippen molar-refractivity contribution < 1.29 is 9.53 Å². The molecule has 138 valence electrons. The van der Waals surface area contributed by atoms with Gasteiger partial charge in [-0.15, -0.1) is 0 Å². The van der Waals surface area contributed by atoms with Gasteiger partial charge in [0.2, 0.25) is 0 Å². The highest BCUT2D eigenvalue weighted by atomic mass is 79.9. The van der Waals surface area contributed by atoms with Gasteiger partial charge in [0.05, 0.1) is 9.50 Å². The fraction of sp³-hybridized carbons (Fsp3) is 0.316. The molecule has 0 spiro atoms. The van der Waals surface area contributed by atoms with Crippen molar-refractivity contribution in [3.63, 3.8) is 0 Å². The number of amides is 1. The standard InChI is InChI=1S/C19H19BrCl2N2O2/c20-16-10-15(21)11-17(22)19(16)26-13-18(25)24-8-6-23(7-9-24)12-14-4-2-1-3-5-14/h1-5,10-11H,6-9,12-13H2. The number of piperazine rings is 1. The van der Waals surface area contributed by atoms with Gasteiger partial charge >= 0.3 is 0 Å². The molecule has 0 bridgehead atoms. The summed E-state index contributed by atoms with van der Waals surface area (Å²) in [4.78, 5) is 16.6. The third-order valence-corrected chi connectivity index (χ3v) is 5.37. The molecular formula is C19H19BrCl2N2O2. The molecule has 4 nitrogen and oxygen atoms in total. The zero-order valence-electron chi connectivity index (χ0n) is 14.1. The van der Waals surface area contributed by atoms with Gasteiger partial charge in [0.25, 0.3) is 5.91 Å². The Morgan fingerprint density at radius 1 is 1.08 bits per heavy atom. The average Bonchev–Trinajstić information content (AvgIpc) is 2.62. The molecule has 0 aromatic heterocycles. The van der Waals surface area contributed by atoms with Crippen LogP contribution in [0.2, 0.25) is 10.0 Å². The molecule has 0 atom stereocenters. The van der Waals surface area contributed by atoms with E-state index in [2.05, 4.69) is 33.0 Å². The Kier molecular flexibility index (Phi) is 6.81. The van der Waals surface area contributed by atoms with Gasteiger partial charge in [-0.1, -0.05) is 53.5 Å². The highest BCUT2D eigenvalue weighted by molar-refractivity contribution is 9.10. The maximum atomic E-state index is 12.4. The lowest BCUT2D eigenvalue weighted by atomic mass is 10.2. The van der Waals surface area contributed by atoms with Gasteiger partial charge in [-0.2, -0.15) is 0 Å². The summed E-state index contributed by atoms with van der Waals surface area (Å²) in [6.07, 6.45) is 0. The minimum absolute atomic E-state index is 0.0396. The fourth-order valence-corrected chi connectivity index (χ4v) is 4.26. The average molecular weight is 458 g/mol. The molecule has 0 radical (unpaired) electrons. The summed E-state index contributed by atoms with van der Waals surface area (Å²) < 4.78 is 6.25. The monoisotopic (exact) mass is 456 g/mol. The molecule has 0 aliphatic carbocycles. The Labute approximate surface area is 171 Å². The number of nitrogens with zero attached hydrogens (tertiary/aromatic N) is 2. The van der Waals surface area contributed by atoms with Crippen LogP contribution in [0, 0.1) is 0 Å². The maximum Gasteiger partial charge on any atom is 0.260 e. The second-order valence-corrected chi connectivity index (χ2v) is 7.83. The third-order valence-electron chi connectivity index (χ3n) is 4.28. The first-order valence-electron chi connectivity index (χ1n) is 8.34. The molecule has 1 saturated heterocycles. The van der Waals surface area contributed by atoms with Crippen molar-refractivity contribution in [1.82, 2.24) is 9.80 Å². The van der Waals surface area contributed by atoms with Crippen LogP contribution in [0.1, 0.15) is 5.56 Å². The van der Waals surface area contributed by atoms with E-state index in [4.69, 9.17) is 27.9 Å². The summed E-state index contributed by atoms with van der Waals surface area (Å²) in [7, 11) is 0. The van der Waals surface area contributed by atoms with Crippen molar-refractivity contribution in [2.24, 2.45) is 0 Å². The van der Waals surface area contributed by atoms with Crippen LogP contribution in [0.3, 0.4) is 0 Å². The van der Waals surface area contributed by atoms with Crippen molar-refractivity contribution in [3.05, 3.63) is 62.5 Å². The van der Waals surface area contributed by atoms with Gasteiger partial charge in [0.1, 0.15) is 0 Å². The van der Waals surface area contributed by atoms with Crippen LogP contribution in [-0.4, -0.2) is 48.5 Å². The molecule has 1 amide bonds. The van der Waals surface area contributed by atoms with Crippen molar-refractivity contribution in [1.29, 1.82) is 0 Å². The van der Waals surface area contributed by atoms with E-state index in [0.29, 0.717) is 33.4 Å². The van der Waals surface area contributed by atoms with Gasteiger partial charge in [-0.3, -0.25) is 9.69 Å². The van der Waals surface area contributed by atoms with Gasteiger partial charge in [0.15, 0.2) is 12.4 Å². The van der Waals surface area contributed by atoms with E-state index in [-0.39, 0.29) is 12.5 Å². The van der Waals surface area contributed by atoms with E-state index in [0.717, 1.165) is 19.6 Å². The third kappa shape index (κ3) is 5.13. The number of carbonyl (C=O) groups excluding carboxylic acids is 1. The van der Waals surface area contributed by atoms with Crippen LogP contribution in [0.15, 0.2) is 46.9 Å². The molecule has 1 fully saturated rings. The van der Waals surface area contributed by atoms with Gasteiger partial charge < -0.3 is 9.64 Å². The number of rotatable bonds is 5. The minimum Gasteiger partial charge on any atom is -0.481 e. The lowest BCUT2D eigenvalue weighted by Crippen LogP contribution is -2.49. The highest BCUT2D eigenvalue weighted by Gasteiger charge is 2.22. The van der Waals surface area contributed by atoms with E-state index >= 15 is 0 Å². The lowest BCUT2D eigenvalue weighted by Gasteiger charge is -2.34. The predicted molar refractivity (Wildman–Crippen MR) is 108 cm³/mol. The molecule has 0 saturated carbocycles. The number of ether oxygens (including phenoxy) is 1. The Balaban J connectivity index is 1.48. The molecule has 2 aromatic rings. The molecule has 1 aliphatic rings. The molecule has 26 heavy (non-hydrogen) atoms. The Morgan fingerprint density at radius 2 is 1.77 bits per heavy atom. The second kappa shape index (κ2) is 9.09. The van der Waals surface area contributed by atoms with Crippen LogP contribution < -0.4 is 4.74 Å². The van der Waals surface area contributed by atoms with E-state index < -0.39 is 0 Å². The summed E-state index contributed by atoms with van der Waals surface area (Å²) in [5.74, 6) is 0.398. The Morgan fingerprint density at radius 3 is 2.42 bits per heavy atom. The van der Waals surface area contributed by atoms with Crippen molar-refractivity contribution in [2.45, 2.75) is 6.54 Å². The van der Waals surface area contributed by atoms with Crippen LogP contribution in [0.25, 0.3) is 0 Å². The molecule has 3 rings (SSSR count). The first-order chi connectivity index (χ1) is 12.5. The fourth-order valence-electron chi connectivity index (χ4n) is 2.89. The summed E-state index contributed by atoms with van der Waals surface area (Å²) >= 11 is 15.4. The predicted octanol–water partition coefficient (Wildman–Crippen LogP) is 4.48. The molecule has 7 heteroatoms. The quantitative estimate of drug-likeness (QED) is 0.663. The second-order valence-electron chi connectivity index (χ2n) is 6.13. The summed E-state index contributed by atoms with van der Waals surface area (Å²) in [6.45, 7) is 3.97. The van der Waals surface area contributed by atoms with Gasteiger partial charge in [-0.25, -0.2) is 0 Å². The Hall–Kier alpha value is -1.27. The zero-order chi connectivity index (χ0) is 18.5. The van der Waals surface area contributed by atoms with E-state index in [1.165, 1.54) is 5.56 Å². The lowest BCUT2D eigenvalue weighted by molar-refractivity contribution is -0.135. The number of hydrogen-bond donors (Lipinski definition) is 0. The van der Waals surface area contributed by atoms with Gasteiger partial charge in [0, 0.05) is 37.7 Å². The largest absolute Gasteiger partial charge is 0.481 e. The molecule has 2 aromatic carbocycles. The molecular weight excluding hydrogens is 439 g/mol. The first-order valence-corrected chi connectivity index (χ1v) is 9.89. The van der Waals surface area contributed by atoms with Crippen LogP contribution >= 0.6 is 39.1 Å². The SMILES string of the molecule is O=C(COc1c(Cl)cc(Cl)cc1Br)N1CCN(Cc2ccccc2)CC1. The van der Waals surface area contributed by atoms with Gasteiger partial charge in [-0.05, 0) is 33.6 Å². The normalized spacial score (nSPS) is 15.1. The van der Waals surface area contributed by atoms with E-state index in [9.17, 15) is 4.79 Å². The minimum atomic E-state index is -0.0430. The maximum absolute atomic E-state index is 12.4. The summed E-state index contributed by atoms with van der Waals surface area (Å²) in [6, 6.07) is 13.6. The number of benzene rings is 2. The highest BCUT2D eigenvalue weighted by Crippen LogP contribution is 2.36. The van der Waals surface area contributed by atoms with E-state index in [1.807, 2.05) is 23.1 Å². The molecule has 1 aliphatic heterocycles. The van der Waals surface area contributed by atoms with Crippen LogP contribution in [0.5, 0.6) is 5.75 Å². The van der Waals surface area contributed by atoms with Crippen LogP contribution in [0.4, 0.5) is 0 Å². The van der Waals surface area contributed by atoms with Crippen molar-refractivity contribution in [2.75, 3.05) is 32.8 Å². The topological polar surface area (TPSA) is 32.8 Å². The smallest absolute Gasteiger partial charge is 0.260 e. The van der Waals surface area contributed by atoms with Crippen molar-refractivity contribution in [3.8, 4) is 5.75 Å². The molecule has 0 N–H and O–H groups in total. The summed E-state index contributed by atoms with van der Waals surface area (Å²) in [5, 5.41) is 0.889. The number of halogens is 3. The Bertz CT molecular complexity index is 742. The number of carbonyl (C=O) groups is 1. The zero-order valence-corrected chi connectivity index (χ0v) is 17.2. The molecule has 0 unspecified atom stereocenters. The van der Waals surface area contributed by atoms with Crippen LogP contribution in [-0.2, 0) is 11.3 Å². The number of hydrogen-bond acceptors (Lipinski definition) is 3.